The molecule has 0 aromatic heterocycles. The van der Waals surface area contributed by atoms with Gasteiger partial charge in [0.1, 0.15) is 5.78 Å². The molecular weight excluding hydrogens is 202 g/mol. The van der Waals surface area contributed by atoms with Crippen LogP contribution in [0, 0.1) is 5.92 Å². The average Bonchev–Trinajstić information content (AvgIpc) is 2.13. The molecular formula is C13H23NO2. The lowest BCUT2D eigenvalue weighted by molar-refractivity contribution is -0.156. The van der Waals surface area contributed by atoms with Gasteiger partial charge in [-0.05, 0) is 46.0 Å². The second-order valence-corrected chi connectivity index (χ2v) is 6.21. The van der Waals surface area contributed by atoms with Crippen molar-refractivity contribution in [3.63, 3.8) is 0 Å². The minimum atomic E-state index is -0.373. The monoisotopic (exact) mass is 225 g/mol. The molecule has 1 spiro atoms. The molecule has 1 atom stereocenters. The van der Waals surface area contributed by atoms with Gasteiger partial charge in [-0.25, -0.2) is 0 Å². The van der Waals surface area contributed by atoms with Gasteiger partial charge in [-0.2, -0.15) is 0 Å². The zero-order valence-electron chi connectivity index (χ0n) is 10.4. The number of carbonyl (C=O) groups is 1. The molecule has 16 heavy (non-hydrogen) atoms. The van der Waals surface area contributed by atoms with E-state index in [0.717, 1.165) is 32.3 Å². The summed E-state index contributed by atoms with van der Waals surface area (Å²) in [6, 6.07) is 0. The van der Waals surface area contributed by atoms with Crippen LogP contribution in [0.15, 0.2) is 0 Å². The van der Waals surface area contributed by atoms with E-state index in [0.29, 0.717) is 12.2 Å². The fraction of sp³-hybridized carbons (Fsp3) is 0.923. The van der Waals surface area contributed by atoms with E-state index in [9.17, 15) is 4.79 Å². The molecule has 1 aliphatic heterocycles. The molecule has 1 aliphatic carbocycles. The van der Waals surface area contributed by atoms with E-state index in [2.05, 4.69) is 0 Å². The Morgan fingerprint density at radius 2 is 2.19 bits per heavy atom. The molecule has 2 rings (SSSR count). The highest BCUT2D eigenvalue weighted by atomic mass is 16.5. The Morgan fingerprint density at radius 1 is 1.50 bits per heavy atom. The molecule has 0 bridgehead atoms. The molecule has 0 amide bonds. The number of Topliss-reactive ketones (excluding diaryl/α,β-unsaturated/α-hetero) is 1. The normalized spacial score (nSPS) is 28.8. The Bertz CT molecular complexity index is 276. The van der Waals surface area contributed by atoms with Crippen molar-refractivity contribution in [1.82, 2.24) is 0 Å². The Balaban J connectivity index is 1.91. The van der Waals surface area contributed by atoms with Gasteiger partial charge in [-0.15, -0.1) is 0 Å². The molecule has 2 aliphatic rings. The highest BCUT2D eigenvalue weighted by molar-refractivity contribution is 5.82. The summed E-state index contributed by atoms with van der Waals surface area (Å²) in [6.45, 7) is 4.59. The summed E-state index contributed by atoms with van der Waals surface area (Å²) in [5.74, 6) is 0.527. The first kappa shape index (κ1) is 12.1. The number of ether oxygens (including phenoxy) is 1. The standard InChI is InChI=1S/C13H23NO2/c1-12(2,14)9-11(15)10-4-7-16-13(8-10)5-3-6-13/h10H,3-9,14H2,1-2H3. The summed E-state index contributed by atoms with van der Waals surface area (Å²) in [6.07, 6.45) is 5.85. The van der Waals surface area contributed by atoms with E-state index >= 15 is 0 Å². The number of hydrogen-bond acceptors (Lipinski definition) is 3. The van der Waals surface area contributed by atoms with Crippen molar-refractivity contribution < 1.29 is 9.53 Å². The van der Waals surface area contributed by atoms with Crippen molar-refractivity contribution >= 4 is 5.78 Å². The molecule has 3 nitrogen and oxygen atoms in total. The number of hydrogen-bond donors (Lipinski definition) is 1. The summed E-state index contributed by atoms with van der Waals surface area (Å²) >= 11 is 0. The van der Waals surface area contributed by atoms with Crippen molar-refractivity contribution in [2.24, 2.45) is 11.7 Å². The molecule has 0 aromatic rings. The van der Waals surface area contributed by atoms with Crippen LogP contribution < -0.4 is 5.73 Å². The van der Waals surface area contributed by atoms with Gasteiger partial charge in [0.15, 0.2) is 0 Å². The van der Waals surface area contributed by atoms with Gasteiger partial charge in [0.05, 0.1) is 5.60 Å². The molecule has 1 saturated carbocycles. The van der Waals surface area contributed by atoms with E-state index in [4.69, 9.17) is 10.5 Å². The summed E-state index contributed by atoms with van der Waals surface area (Å²) < 4.78 is 5.83. The molecule has 0 radical (unpaired) electrons. The molecule has 92 valence electrons. The third-order valence-electron chi connectivity index (χ3n) is 3.84. The lowest BCUT2D eigenvalue weighted by Crippen LogP contribution is -2.48. The van der Waals surface area contributed by atoms with Crippen LogP contribution in [0.25, 0.3) is 0 Å². The third kappa shape index (κ3) is 2.64. The fourth-order valence-electron chi connectivity index (χ4n) is 2.82. The molecule has 2 fully saturated rings. The lowest BCUT2D eigenvalue weighted by atomic mass is 9.70. The van der Waals surface area contributed by atoms with E-state index < -0.39 is 0 Å². The van der Waals surface area contributed by atoms with Crippen LogP contribution in [-0.4, -0.2) is 23.5 Å². The molecule has 1 unspecified atom stereocenters. The van der Waals surface area contributed by atoms with Gasteiger partial charge in [-0.1, -0.05) is 0 Å². The van der Waals surface area contributed by atoms with Crippen LogP contribution in [0.4, 0.5) is 0 Å². The third-order valence-corrected chi connectivity index (χ3v) is 3.84. The van der Waals surface area contributed by atoms with Gasteiger partial charge >= 0.3 is 0 Å². The first-order chi connectivity index (χ1) is 7.40. The largest absolute Gasteiger partial charge is 0.375 e. The predicted octanol–water partition coefficient (Wildman–Crippen LogP) is 2.03. The summed E-state index contributed by atoms with van der Waals surface area (Å²) in [5, 5.41) is 0. The Hall–Kier alpha value is -0.410. The van der Waals surface area contributed by atoms with Crippen LogP contribution in [0.5, 0.6) is 0 Å². The highest BCUT2D eigenvalue weighted by Crippen LogP contribution is 2.44. The summed E-state index contributed by atoms with van der Waals surface area (Å²) in [7, 11) is 0. The van der Waals surface area contributed by atoms with E-state index in [1.807, 2.05) is 13.8 Å². The first-order valence-corrected chi connectivity index (χ1v) is 6.36. The minimum Gasteiger partial charge on any atom is -0.375 e. The number of ketones is 1. The Labute approximate surface area is 97.7 Å². The first-order valence-electron chi connectivity index (χ1n) is 6.36. The van der Waals surface area contributed by atoms with Crippen LogP contribution in [0.2, 0.25) is 0 Å². The molecule has 1 heterocycles. The van der Waals surface area contributed by atoms with Crippen molar-refractivity contribution in [2.75, 3.05) is 6.61 Å². The fourth-order valence-corrected chi connectivity index (χ4v) is 2.82. The summed E-state index contributed by atoms with van der Waals surface area (Å²) in [4.78, 5) is 12.1. The second-order valence-electron chi connectivity index (χ2n) is 6.21. The molecule has 1 saturated heterocycles. The minimum absolute atomic E-state index is 0.0668. The van der Waals surface area contributed by atoms with Gasteiger partial charge in [0, 0.05) is 24.5 Å². The van der Waals surface area contributed by atoms with Crippen LogP contribution in [0.1, 0.15) is 52.4 Å². The van der Waals surface area contributed by atoms with Crippen molar-refractivity contribution in [1.29, 1.82) is 0 Å². The van der Waals surface area contributed by atoms with Gasteiger partial charge in [0.2, 0.25) is 0 Å². The van der Waals surface area contributed by atoms with Crippen molar-refractivity contribution in [3.8, 4) is 0 Å². The highest BCUT2D eigenvalue weighted by Gasteiger charge is 2.44. The topological polar surface area (TPSA) is 52.3 Å². The van der Waals surface area contributed by atoms with Gasteiger partial charge in [-0.3, -0.25) is 4.79 Å². The quantitative estimate of drug-likeness (QED) is 0.799. The number of rotatable bonds is 3. The maximum atomic E-state index is 12.1. The zero-order valence-corrected chi connectivity index (χ0v) is 10.4. The van der Waals surface area contributed by atoms with E-state index in [-0.39, 0.29) is 17.1 Å². The predicted molar refractivity (Wildman–Crippen MR) is 63.1 cm³/mol. The lowest BCUT2D eigenvalue weighted by Gasteiger charge is -2.47. The smallest absolute Gasteiger partial charge is 0.137 e. The van der Waals surface area contributed by atoms with Gasteiger partial charge in [0.25, 0.3) is 0 Å². The van der Waals surface area contributed by atoms with E-state index in [1.165, 1.54) is 6.42 Å². The number of carbonyl (C=O) groups excluding carboxylic acids is 1. The van der Waals surface area contributed by atoms with Crippen LogP contribution in [-0.2, 0) is 9.53 Å². The second kappa shape index (κ2) is 4.11. The SMILES string of the molecule is CC(C)(N)CC(=O)C1CCOC2(CCC2)C1. The van der Waals surface area contributed by atoms with Crippen molar-refractivity contribution in [3.05, 3.63) is 0 Å². The maximum absolute atomic E-state index is 12.1. The summed E-state index contributed by atoms with van der Waals surface area (Å²) in [5.41, 5.74) is 5.60. The average molecular weight is 225 g/mol. The maximum Gasteiger partial charge on any atom is 0.137 e. The van der Waals surface area contributed by atoms with Gasteiger partial charge < -0.3 is 10.5 Å². The number of nitrogens with two attached hydrogens (primary N) is 1. The zero-order chi connectivity index (χ0) is 11.8. The molecule has 2 N–H and O–H groups in total. The Morgan fingerprint density at radius 3 is 2.69 bits per heavy atom. The van der Waals surface area contributed by atoms with Crippen molar-refractivity contribution in [2.45, 2.75) is 63.5 Å². The van der Waals surface area contributed by atoms with E-state index in [1.54, 1.807) is 0 Å². The van der Waals surface area contributed by atoms with Crippen LogP contribution >= 0.6 is 0 Å². The Kier molecular flexibility index (Phi) is 3.10. The molecule has 0 aromatic carbocycles. The molecule has 3 heteroatoms. The van der Waals surface area contributed by atoms with Crippen LogP contribution in [0.3, 0.4) is 0 Å².